The number of hydrogen-bond acceptors (Lipinski definition) is 4. The predicted octanol–water partition coefficient (Wildman–Crippen LogP) is 1.80. The predicted molar refractivity (Wildman–Crippen MR) is 71.1 cm³/mol. The molecule has 0 spiro atoms. The molecule has 0 aliphatic rings. The van der Waals surface area contributed by atoms with Crippen LogP contribution in [0, 0.1) is 6.92 Å². The molecule has 1 aromatic heterocycles. The molecular weight excluding hydrogens is 234 g/mol. The van der Waals surface area contributed by atoms with Crippen molar-refractivity contribution in [2.45, 2.75) is 39.8 Å². The van der Waals surface area contributed by atoms with Crippen molar-refractivity contribution in [3.8, 4) is 0 Å². The zero-order chi connectivity index (χ0) is 12.8. The van der Waals surface area contributed by atoms with E-state index in [2.05, 4.69) is 10.3 Å². The van der Waals surface area contributed by atoms with Gasteiger partial charge in [0.2, 0.25) is 5.91 Å². The number of hydrogen-bond donors (Lipinski definition) is 1. The smallest absolute Gasteiger partial charge is 0.224 e. The fourth-order valence-corrected chi connectivity index (χ4v) is 2.49. The van der Waals surface area contributed by atoms with Gasteiger partial charge in [-0.15, -0.1) is 11.3 Å². The molecule has 1 aromatic rings. The van der Waals surface area contributed by atoms with E-state index in [0.29, 0.717) is 13.0 Å². The third kappa shape index (κ3) is 4.83. The van der Waals surface area contributed by atoms with Crippen LogP contribution in [0.4, 0.5) is 0 Å². The van der Waals surface area contributed by atoms with E-state index in [9.17, 15) is 4.79 Å². The summed E-state index contributed by atoms with van der Waals surface area (Å²) in [6.45, 7) is 7.61. The molecule has 0 bridgehead atoms. The molecule has 96 valence electrons. The van der Waals surface area contributed by atoms with Gasteiger partial charge in [0.1, 0.15) is 0 Å². The second-order valence-electron chi connectivity index (χ2n) is 4.26. The summed E-state index contributed by atoms with van der Waals surface area (Å²) < 4.78 is 0. The summed E-state index contributed by atoms with van der Waals surface area (Å²) in [4.78, 5) is 19.0. The number of thiazole rings is 1. The Labute approximate surface area is 107 Å². The Bertz CT molecular complexity index is 364. The van der Waals surface area contributed by atoms with Gasteiger partial charge in [-0.2, -0.15) is 0 Å². The number of aromatic nitrogens is 1. The second kappa shape index (κ2) is 6.71. The van der Waals surface area contributed by atoms with Crippen LogP contribution >= 0.6 is 11.3 Å². The lowest BCUT2D eigenvalue weighted by Gasteiger charge is -2.19. The van der Waals surface area contributed by atoms with Crippen molar-refractivity contribution in [1.29, 1.82) is 0 Å². The highest BCUT2D eigenvalue weighted by Crippen LogP contribution is 2.13. The normalized spacial score (nSPS) is 12.5. The zero-order valence-corrected chi connectivity index (χ0v) is 11.8. The van der Waals surface area contributed by atoms with E-state index in [1.807, 2.05) is 34.0 Å². The van der Waals surface area contributed by atoms with E-state index < -0.39 is 0 Å². The van der Waals surface area contributed by atoms with E-state index in [0.717, 1.165) is 16.4 Å². The van der Waals surface area contributed by atoms with Gasteiger partial charge in [-0.1, -0.05) is 6.92 Å². The van der Waals surface area contributed by atoms with Crippen molar-refractivity contribution in [2.24, 2.45) is 0 Å². The summed E-state index contributed by atoms with van der Waals surface area (Å²) in [5.41, 5.74) is 0. The first-order valence-electron chi connectivity index (χ1n) is 5.91. The van der Waals surface area contributed by atoms with Gasteiger partial charge in [0.05, 0.1) is 11.6 Å². The topological polar surface area (TPSA) is 45.2 Å². The number of amides is 1. The Morgan fingerprint density at radius 3 is 2.88 bits per heavy atom. The van der Waals surface area contributed by atoms with Crippen LogP contribution in [-0.4, -0.2) is 35.4 Å². The number of carbonyl (C=O) groups is 1. The van der Waals surface area contributed by atoms with Crippen molar-refractivity contribution >= 4 is 17.2 Å². The van der Waals surface area contributed by atoms with Crippen molar-refractivity contribution in [1.82, 2.24) is 15.2 Å². The molecule has 5 heteroatoms. The van der Waals surface area contributed by atoms with Gasteiger partial charge in [0, 0.05) is 30.6 Å². The number of aryl methyl sites for hydroxylation is 1. The van der Waals surface area contributed by atoms with Gasteiger partial charge in [0.15, 0.2) is 0 Å². The average Bonchev–Trinajstić information content (AvgIpc) is 2.64. The van der Waals surface area contributed by atoms with Crippen LogP contribution in [0.5, 0.6) is 0 Å². The summed E-state index contributed by atoms with van der Waals surface area (Å²) in [7, 11) is 1.84. The standard InChI is InChI=1S/C12H21N3OS/c1-5-13-9(2)6-12(16)15(4)8-11-7-14-10(3)17-11/h7,9,13H,5-6,8H2,1-4H3. The Kier molecular flexibility index (Phi) is 5.58. The van der Waals surface area contributed by atoms with Crippen LogP contribution in [0.2, 0.25) is 0 Å². The molecule has 0 fully saturated rings. The first-order chi connectivity index (χ1) is 8.02. The molecule has 0 aliphatic heterocycles. The number of nitrogens with zero attached hydrogens (tertiary/aromatic N) is 2. The van der Waals surface area contributed by atoms with Crippen LogP contribution in [0.15, 0.2) is 6.20 Å². The fourth-order valence-electron chi connectivity index (χ4n) is 1.64. The molecule has 1 N–H and O–H groups in total. The largest absolute Gasteiger partial charge is 0.341 e. The van der Waals surface area contributed by atoms with Crippen molar-refractivity contribution in [2.75, 3.05) is 13.6 Å². The van der Waals surface area contributed by atoms with Gasteiger partial charge in [-0.25, -0.2) is 4.98 Å². The van der Waals surface area contributed by atoms with Crippen molar-refractivity contribution < 1.29 is 4.79 Å². The zero-order valence-electron chi connectivity index (χ0n) is 11.0. The molecule has 0 saturated heterocycles. The van der Waals surface area contributed by atoms with Crippen LogP contribution in [0.1, 0.15) is 30.2 Å². The van der Waals surface area contributed by atoms with E-state index >= 15 is 0 Å². The van der Waals surface area contributed by atoms with E-state index in [1.165, 1.54) is 0 Å². The lowest BCUT2D eigenvalue weighted by atomic mass is 10.2. The molecule has 1 heterocycles. The van der Waals surface area contributed by atoms with Gasteiger partial charge >= 0.3 is 0 Å². The molecule has 1 amide bonds. The second-order valence-corrected chi connectivity index (χ2v) is 5.58. The molecule has 0 radical (unpaired) electrons. The lowest BCUT2D eigenvalue weighted by molar-refractivity contribution is -0.130. The molecule has 17 heavy (non-hydrogen) atoms. The molecule has 0 aromatic carbocycles. The van der Waals surface area contributed by atoms with Gasteiger partial charge in [0.25, 0.3) is 0 Å². The van der Waals surface area contributed by atoms with Crippen molar-refractivity contribution in [3.63, 3.8) is 0 Å². The van der Waals surface area contributed by atoms with E-state index in [-0.39, 0.29) is 11.9 Å². The number of nitrogens with one attached hydrogen (secondary N) is 1. The van der Waals surface area contributed by atoms with Gasteiger partial charge in [-0.05, 0) is 20.4 Å². The minimum Gasteiger partial charge on any atom is -0.341 e. The molecule has 0 aliphatic carbocycles. The highest BCUT2D eigenvalue weighted by Gasteiger charge is 2.13. The van der Waals surface area contributed by atoms with Crippen LogP contribution < -0.4 is 5.32 Å². The lowest BCUT2D eigenvalue weighted by Crippen LogP contribution is -2.34. The summed E-state index contributed by atoms with van der Waals surface area (Å²) in [5.74, 6) is 0.171. The molecular formula is C12H21N3OS. The Hall–Kier alpha value is -0.940. The van der Waals surface area contributed by atoms with Crippen molar-refractivity contribution in [3.05, 3.63) is 16.1 Å². The monoisotopic (exact) mass is 255 g/mol. The van der Waals surface area contributed by atoms with E-state index in [4.69, 9.17) is 0 Å². The highest BCUT2D eigenvalue weighted by molar-refractivity contribution is 7.11. The minimum absolute atomic E-state index is 0.171. The highest BCUT2D eigenvalue weighted by atomic mass is 32.1. The van der Waals surface area contributed by atoms with Crippen LogP contribution in [0.3, 0.4) is 0 Å². The average molecular weight is 255 g/mol. The maximum absolute atomic E-state index is 11.9. The molecule has 1 rings (SSSR count). The summed E-state index contributed by atoms with van der Waals surface area (Å²) in [6, 6.07) is 0.234. The van der Waals surface area contributed by atoms with Crippen LogP contribution in [0.25, 0.3) is 0 Å². The third-order valence-electron chi connectivity index (χ3n) is 2.52. The van der Waals surface area contributed by atoms with Gasteiger partial charge < -0.3 is 10.2 Å². The Balaban J connectivity index is 2.41. The summed E-state index contributed by atoms with van der Waals surface area (Å²) >= 11 is 1.64. The first kappa shape index (κ1) is 14.1. The molecule has 1 atom stereocenters. The Morgan fingerprint density at radius 1 is 1.65 bits per heavy atom. The minimum atomic E-state index is 0.171. The fraction of sp³-hybridized carbons (Fsp3) is 0.667. The summed E-state index contributed by atoms with van der Waals surface area (Å²) in [6.07, 6.45) is 2.39. The Morgan fingerprint density at radius 2 is 2.35 bits per heavy atom. The van der Waals surface area contributed by atoms with E-state index in [1.54, 1.807) is 16.2 Å². The number of carbonyl (C=O) groups excluding carboxylic acids is 1. The number of rotatable bonds is 6. The summed E-state index contributed by atoms with van der Waals surface area (Å²) in [5, 5.41) is 4.29. The maximum atomic E-state index is 11.9. The quantitative estimate of drug-likeness (QED) is 0.843. The molecule has 4 nitrogen and oxygen atoms in total. The molecule has 0 saturated carbocycles. The van der Waals surface area contributed by atoms with Crippen LogP contribution in [-0.2, 0) is 11.3 Å². The molecule has 1 unspecified atom stereocenters. The van der Waals surface area contributed by atoms with Gasteiger partial charge in [-0.3, -0.25) is 4.79 Å². The first-order valence-corrected chi connectivity index (χ1v) is 6.73. The maximum Gasteiger partial charge on any atom is 0.224 e. The third-order valence-corrected chi connectivity index (χ3v) is 3.42. The SMILES string of the molecule is CCNC(C)CC(=O)N(C)Cc1cnc(C)s1.